The Hall–Kier alpha value is -6.32. The van der Waals surface area contributed by atoms with Crippen LogP contribution in [0.3, 0.4) is 0 Å². The molecule has 4 aromatic carbocycles. The van der Waals surface area contributed by atoms with Crippen LogP contribution in [0.1, 0.15) is 77.6 Å². The van der Waals surface area contributed by atoms with Crippen molar-refractivity contribution in [1.29, 1.82) is 0 Å². The van der Waals surface area contributed by atoms with Gasteiger partial charge in [0, 0.05) is 62.3 Å². The first-order valence-corrected chi connectivity index (χ1v) is 20.3. The summed E-state index contributed by atoms with van der Waals surface area (Å²) in [5.74, 6) is 1.56. The SMILES string of the molecule is C1=CCCC(C2=CC(C3=CCC(c4ccc5c(c4)c4ccccc4n5C4C=CC=CC4c4cccc5c6c(oc45)CCC=C6)C=C3)=CC(c3ccccc3)N2)=C1. The number of aromatic nitrogens is 1. The van der Waals surface area contributed by atoms with Gasteiger partial charge in [-0.1, -0.05) is 146 Å². The highest BCUT2D eigenvalue weighted by Crippen LogP contribution is 2.45. The van der Waals surface area contributed by atoms with Crippen LogP contribution < -0.4 is 5.32 Å². The number of allylic oxidation sites excluding steroid dienone is 15. The quantitative estimate of drug-likeness (QED) is 0.185. The van der Waals surface area contributed by atoms with Gasteiger partial charge in [-0.3, -0.25) is 0 Å². The van der Waals surface area contributed by atoms with Crippen molar-refractivity contribution in [2.24, 2.45) is 0 Å². The molecular weight excluding hydrogens is 681 g/mol. The van der Waals surface area contributed by atoms with Crippen LogP contribution in [0.15, 0.2) is 197 Å². The van der Waals surface area contributed by atoms with Gasteiger partial charge in [0.15, 0.2) is 0 Å². The molecule has 4 atom stereocenters. The average Bonchev–Trinajstić information content (AvgIpc) is 3.83. The first-order valence-electron chi connectivity index (χ1n) is 20.3. The molecule has 272 valence electrons. The van der Waals surface area contributed by atoms with E-state index in [4.69, 9.17) is 4.42 Å². The smallest absolute Gasteiger partial charge is 0.138 e. The third-order valence-corrected chi connectivity index (χ3v) is 12.5. The predicted molar refractivity (Wildman–Crippen MR) is 233 cm³/mol. The maximum atomic E-state index is 6.66. The van der Waals surface area contributed by atoms with Gasteiger partial charge in [-0.25, -0.2) is 0 Å². The fraction of sp³-hybridized carbons (Fsp3) is 0.170. The topological polar surface area (TPSA) is 30.1 Å². The van der Waals surface area contributed by atoms with E-state index in [1.807, 2.05) is 0 Å². The lowest BCUT2D eigenvalue weighted by Crippen LogP contribution is -2.24. The molecule has 0 saturated heterocycles. The van der Waals surface area contributed by atoms with Crippen LogP contribution in [0, 0.1) is 0 Å². The number of furan rings is 1. The number of hydrogen-bond donors (Lipinski definition) is 1. The van der Waals surface area contributed by atoms with Crippen LogP contribution in [0.5, 0.6) is 0 Å². The van der Waals surface area contributed by atoms with Crippen molar-refractivity contribution in [3.05, 3.63) is 220 Å². The number of benzene rings is 4. The van der Waals surface area contributed by atoms with E-state index in [0.717, 1.165) is 43.4 Å². The van der Waals surface area contributed by atoms with Crippen LogP contribution in [0.2, 0.25) is 0 Å². The highest BCUT2D eigenvalue weighted by Gasteiger charge is 2.30. The zero-order valence-electron chi connectivity index (χ0n) is 31.4. The van der Waals surface area contributed by atoms with Gasteiger partial charge in [0.1, 0.15) is 11.3 Å². The molecule has 56 heavy (non-hydrogen) atoms. The summed E-state index contributed by atoms with van der Waals surface area (Å²) in [7, 11) is 0. The zero-order chi connectivity index (χ0) is 37.0. The molecule has 11 rings (SSSR count). The Morgan fingerprint density at radius 1 is 0.679 bits per heavy atom. The molecule has 0 radical (unpaired) electrons. The van der Waals surface area contributed by atoms with Crippen LogP contribution in [0.4, 0.5) is 0 Å². The normalized spacial score (nSPS) is 22.9. The minimum absolute atomic E-state index is 0.105. The van der Waals surface area contributed by atoms with Crippen LogP contribution in [-0.4, -0.2) is 4.57 Å². The second-order valence-electron chi connectivity index (χ2n) is 15.8. The molecule has 4 unspecified atom stereocenters. The monoisotopic (exact) mass is 724 g/mol. The fourth-order valence-corrected chi connectivity index (χ4v) is 9.71. The van der Waals surface area contributed by atoms with Crippen molar-refractivity contribution in [1.82, 2.24) is 9.88 Å². The molecule has 1 aliphatic heterocycles. The van der Waals surface area contributed by atoms with E-state index in [0.29, 0.717) is 5.92 Å². The molecule has 0 fully saturated rings. The fourth-order valence-electron chi connectivity index (χ4n) is 9.71. The number of nitrogens with one attached hydrogen (secondary N) is 1. The van der Waals surface area contributed by atoms with Gasteiger partial charge < -0.3 is 14.3 Å². The first-order chi connectivity index (χ1) is 27.8. The van der Waals surface area contributed by atoms with E-state index in [-0.39, 0.29) is 18.0 Å². The van der Waals surface area contributed by atoms with Gasteiger partial charge in [0.25, 0.3) is 0 Å². The summed E-state index contributed by atoms with van der Waals surface area (Å²) < 4.78 is 9.23. The number of hydrogen-bond acceptors (Lipinski definition) is 2. The first kappa shape index (κ1) is 33.1. The molecule has 4 aliphatic carbocycles. The summed E-state index contributed by atoms with van der Waals surface area (Å²) in [5, 5.41) is 7.68. The van der Waals surface area contributed by atoms with Gasteiger partial charge in [0.2, 0.25) is 0 Å². The van der Waals surface area contributed by atoms with Crippen LogP contribution in [0.25, 0.3) is 38.9 Å². The van der Waals surface area contributed by atoms with Crippen LogP contribution in [-0.2, 0) is 6.42 Å². The van der Waals surface area contributed by atoms with E-state index < -0.39 is 0 Å². The van der Waals surface area contributed by atoms with E-state index in [1.165, 1.54) is 71.9 Å². The van der Waals surface area contributed by atoms with Gasteiger partial charge in [-0.05, 0) is 83.9 Å². The van der Waals surface area contributed by atoms with Gasteiger partial charge in [0.05, 0.1) is 12.1 Å². The third kappa shape index (κ3) is 5.64. The summed E-state index contributed by atoms with van der Waals surface area (Å²) in [6.45, 7) is 0. The average molecular weight is 725 g/mol. The van der Waals surface area contributed by atoms with E-state index in [9.17, 15) is 0 Å². The lowest BCUT2D eigenvalue weighted by atomic mass is 9.85. The Bertz CT molecular complexity index is 2820. The Labute approximate surface area is 328 Å². The number of fused-ring (bicyclic) bond motifs is 6. The maximum absolute atomic E-state index is 6.66. The molecule has 5 aliphatic rings. The second kappa shape index (κ2) is 13.8. The van der Waals surface area contributed by atoms with E-state index in [1.54, 1.807) is 0 Å². The zero-order valence-corrected chi connectivity index (χ0v) is 31.4. The summed E-state index contributed by atoms with van der Waals surface area (Å²) >= 11 is 0. The Morgan fingerprint density at radius 3 is 2.43 bits per heavy atom. The molecule has 2 aromatic heterocycles. The summed E-state index contributed by atoms with van der Waals surface area (Å²) in [6, 6.07) is 33.9. The van der Waals surface area contributed by atoms with Crippen molar-refractivity contribution in [2.45, 2.75) is 56.0 Å². The molecule has 0 saturated carbocycles. The highest BCUT2D eigenvalue weighted by molar-refractivity contribution is 6.08. The number of nitrogens with zero attached hydrogens (tertiary/aromatic N) is 1. The molecule has 1 N–H and O–H groups in total. The second-order valence-corrected chi connectivity index (χ2v) is 15.8. The minimum atomic E-state index is 0.105. The van der Waals surface area contributed by atoms with Crippen molar-refractivity contribution in [3.8, 4) is 0 Å². The lowest BCUT2D eigenvalue weighted by Gasteiger charge is -2.28. The molecule has 3 heteroatoms. The standard InChI is InChI=1S/C53H44N2O/c1-3-14-37(15-4-1)47-33-40(34-48(54-47)38-16-5-2-6-17-38)36-28-26-35(27-29-36)39-30-31-51-46(32-39)42-19-8-11-24-50(42)55(51)49-23-10-7-18-41(49)44-21-13-22-45-43-20-9-12-25-52(43)56-53(44)45/h1-5,7-11,13-16,18-24,26,28-35,41,47,49,54H,6,12,17,25,27H2. The molecule has 0 spiro atoms. The molecule has 3 heterocycles. The minimum Gasteiger partial charge on any atom is -0.460 e. The van der Waals surface area contributed by atoms with Gasteiger partial charge in [-0.15, -0.1) is 0 Å². The van der Waals surface area contributed by atoms with Crippen molar-refractivity contribution >= 4 is 38.9 Å². The lowest BCUT2D eigenvalue weighted by molar-refractivity contribution is 0.528. The van der Waals surface area contributed by atoms with Gasteiger partial charge >= 0.3 is 0 Å². The van der Waals surface area contributed by atoms with Crippen molar-refractivity contribution in [3.63, 3.8) is 0 Å². The Kier molecular flexibility index (Phi) is 8.12. The third-order valence-electron chi connectivity index (χ3n) is 12.5. The van der Waals surface area contributed by atoms with Crippen molar-refractivity contribution in [2.75, 3.05) is 0 Å². The molecule has 0 amide bonds. The predicted octanol–water partition coefficient (Wildman–Crippen LogP) is 13.4. The molecule has 0 bridgehead atoms. The van der Waals surface area contributed by atoms with Gasteiger partial charge in [-0.2, -0.15) is 0 Å². The molecule has 3 nitrogen and oxygen atoms in total. The molecule has 6 aromatic rings. The summed E-state index contributed by atoms with van der Waals surface area (Å²) in [4.78, 5) is 0. The number of rotatable bonds is 6. The Morgan fingerprint density at radius 2 is 1.54 bits per heavy atom. The summed E-state index contributed by atoms with van der Waals surface area (Å²) in [6.07, 6.45) is 37.5. The van der Waals surface area contributed by atoms with Crippen LogP contribution >= 0.6 is 0 Å². The summed E-state index contributed by atoms with van der Waals surface area (Å²) in [5.41, 5.74) is 13.9. The maximum Gasteiger partial charge on any atom is 0.138 e. The number of dihydropyridines is 1. The number of aryl methyl sites for hydroxylation is 1. The van der Waals surface area contributed by atoms with E-state index >= 15 is 0 Å². The molecular formula is C53H44N2O. The largest absolute Gasteiger partial charge is 0.460 e. The van der Waals surface area contributed by atoms with Crippen molar-refractivity contribution < 1.29 is 4.42 Å². The Balaban J connectivity index is 0.933. The number of para-hydroxylation sites is 2. The highest BCUT2D eigenvalue weighted by atomic mass is 16.3. The van der Waals surface area contributed by atoms with E-state index in [2.05, 4.69) is 186 Å².